The number of carbonyl (C=O) groups is 2. The Morgan fingerprint density at radius 3 is 2.42 bits per heavy atom. The number of ether oxygens (including phenoxy) is 2. The summed E-state index contributed by atoms with van der Waals surface area (Å²) in [5.74, 6) is -4.81. The third-order valence-electron chi connectivity index (χ3n) is 2.40. The molecule has 1 fully saturated rings. The summed E-state index contributed by atoms with van der Waals surface area (Å²) in [6, 6.07) is -1.60. The number of amides is 1. The molecule has 1 saturated heterocycles. The van der Waals surface area contributed by atoms with Gasteiger partial charge in [-0.3, -0.25) is 0 Å². The Bertz CT molecular complexity index is 367. The number of halogens is 2. The smallest absolute Gasteiger partial charge is 0.408 e. The van der Waals surface area contributed by atoms with Gasteiger partial charge in [-0.2, -0.15) is 0 Å². The molecule has 1 heterocycles. The second-order valence-corrected chi connectivity index (χ2v) is 5.32. The molecule has 0 saturated carbocycles. The molecule has 0 spiro atoms. The Kier molecular flexibility index (Phi) is 4.34. The van der Waals surface area contributed by atoms with Gasteiger partial charge < -0.3 is 19.9 Å². The molecule has 1 amide bonds. The van der Waals surface area contributed by atoms with Crippen LogP contribution in [0, 0.1) is 0 Å². The lowest BCUT2D eigenvalue weighted by Gasteiger charge is -2.35. The van der Waals surface area contributed by atoms with Crippen LogP contribution < -0.4 is 5.32 Å². The second kappa shape index (κ2) is 5.28. The van der Waals surface area contributed by atoms with Gasteiger partial charge in [0.15, 0.2) is 6.10 Å². The molecule has 110 valence electrons. The van der Waals surface area contributed by atoms with Crippen molar-refractivity contribution in [3.8, 4) is 0 Å². The zero-order valence-electron chi connectivity index (χ0n) is 10.9. The number of carboxylic acid groups (broad SMARTS) is 1. The topological polar surface area (TPSA) is 84.9 Å². The normalized spacial score (nSPS) is 26.6. The first-order valence-electron chi connectivity index (χ1n) is 5.73. The molecule has 1 aliphatic rings. The lowest BCUT2D eigenvalue weighted by atomic mass is 10.0. The first-order valence-corrected chi connectivity index (χ1v) is 5.73. The van der Waals surface area contributed by atoms with Crippen LogP contribution in [0.2, 0.25) is 0 Å². The minimum absolute atomic E-state index is 0.580. The quantitative estimate of drug-likeness (QED) is 0.799. The minimum Gasteiger partial charge on any atom is -0.479 e. The van der Waals surface area contributed by atoms with E-state index in [9.17, 15) is 18.4 Å². The molecule has 0 aromatic rings. The maximum atomic E-state index is 13.7. The minimum atomic E-state index is -3.36. The van der Waals surface area contributed by atoms with E-state index in [1.165, 1.54) is 0 Å². The van der Waals surface area contributed by atoms with Crippen LogP contribution in [0.5, 0.6) is 0 Å². The van der Waals surface area contributed by atoms with Crippen LogP contribution >= 0.6 is 0 Å². The van der Waals surface area contributed by atoms with E-state index >= 15 is 0 Å². The van der Waals surface area contributed by atoms with Gasteiger partial charge in [0, 0.05) is 0 Å². The number of nitrogens with one attached hydrogen (secondary N) is 1. The molecule has 0 radical (unpaired) electrons. The van der Waals surface area contributed by atoms with E-state index < -0.39 is 48.8 Å². The third-order valence-corrected chi connectivity index (χ3v) is 2.40. The van der Waals surface area contributed by atoms with Crippen molar-refractivity contribution in [2.24, 2.45) is 0 Å². The molecule has 0 bridgehead atoms. The number of hydrogen-bond donors (Lipinski definition) is 2. The summed E-state index contributed by atoms with van der Waals surface area (Å²) in [6.07, 6.45) is -3.54. The summed E-state index contributed by atoms with van der Waals surface area (Å²) < 4.78 is 36.9. The fourth-order valence-electron chi connectivity index (χ4n) is 1.54. The molecule has 2 atom stereocenters. The molecule has 1 aliphatic heterocycles. The van der Waals surface area contributed by atoms with Crippen molar-refractivity contribution in [3.63, 3.8) is 0 Å². The largest absolute Gasteiger partial charge is 0.479 e. The second-order valence-electron chi connectivity index (χ2n) is 5.32. The number of alkyl carbamates (subject to hydrolysis) is 1. The molecule has 2 N–H and O–H groups in total. The van der Waals surface area contributed by atoms with Gasteiger partial charge in [0.25, 0.3) is 5.92 Å². The van der Waals surface area contributed by atoms with Crippen LogP contribution in [0.15, 0.2) is 0 Å². The molecule has 19 heavy (non-hydrogen) atoms. The average molecular weight is 281 g/mol. The van der Waals surface area contributed by atoms with E-state index in [-0.39, 0.29) is 0 Å². The molecule has 0 unspecified atom stereocenters. The summed E-state index contributed by atoms with van der Waals surface area (Å²) in [5, 5.41) is 10.6. The van der Waals surface area contributed by atoms with Gasteiger partial charge in [0.05, 0.1) is 13.0 Å². The van der Waals surface area contributed by atoms with Crippen LogP contribution in [0.1, 0.15) is 27.2 Å². The summed E-state index contributed by atoms with van der Waals surface area (Å²) in [4.78, 5) is 22.0. The van der Waals surface area contributed by atoms with Crippen molar-refractivity contribution in [2.45, 2.75) is 50.9 Å². The highest BCUT2D eigenvalue weighted by Crippen LogP contribution is 2.31. The lowest BCUT2D eigenvalue weighted by molar-refractivity contribution is -0.179. The van der Waals surface area contributed by atoms with Gasteiger partial charge in [-0.15, -0.1) is 0 Å². The van der Waals surface area contributed by atoms with E-state index in [2.05, 4.69) is 0 Å². The number of alkyl halides is 2. The predicted molar refractivity (Wildman–Crippen MR) is 60.1 cm³/mol. The Morgan fingerprint density at radius 1 is 1.42 bits per heavy atom. The first kappa shape index (κ1) is 15.6. The van der Waals surface area contributed by atoms with E-state index in [0.29, 0.717) is 0 Å². The zero-order valence-corrected chi connectivity index (χ0v) is 10.9. The van der Waals surface area contributed by atoms with E-state index in [0.717, 1.165) is 0 Å². The molecule has 0 aromatic carbocycles. The van der Waals surface area contributed by atoms with Crippen LogP contribution in [-0.2, 0) is 14.3 Å². The summed E-state index contributed by atoms with van der Waals surface area (Å²) in [6.45, 7) is 4.22. The standard InChI is InChI=1S/C11H17F2NO5/c1-10(2,3)19-9(17)14-7-5-18-6(8(15)16)4-11(7,12)13/h6-7H,4-5H2,1-3H3,(H,14,17)(H,15,16)/t6-,7-/m0/s1. The van der Waals surface area contributed by atoms with Crippen molar-refractivity contribution in [2.75, 3.05) is 6.61 Å². The average Bonchev–Trinajstić information content (AvgIpc) is 2.17. The molecule has 0 aliphatic carbocycles. The number of carbonyl (C=O) groups excluding carboxylic acids is 1. The highest BCUT2D eigenvalue weighted by atomic mass is 19.3. The van der Waals surface area contributed by atoms with Gasteiger partial charge in [-0.1, -0.05) is 0 Å². The van der Waals surface area contributed by atoms with Gasteiger partial charge in [0.1, 0.15) is 11.6 Å². The highest BCUT2D eigenvalue weighted by molar-refractivity contribution is 5.73. The third kappa shape index (κ3) is 4.62. The Hall–Kier alpha value is -1.44. The summed E-state index contributed by atoms with van der Waals surface area (Å²) in [7, 11) is 0. The van der Waals surface area contributed by atoms with E-state index in [4.69, 9.17) is 14.6 Å². The molecular formula is C11H17F2NO5. The highest BCUT2D eigenvalue weighted by Gasteiger charge is 2.49. The summed E-state index contributed by atoms with van der Waals surface area (Å²) in [5.41, 5.74) is -0.807. The first-order chi connectivity index (χ1) is 8.51. The van der Waals surface area contributed by atoms with Crippen LogP contribution in [0.4, 0.5) is 13.6 Å². The van der Waals surface area contributed by atoms with E-state index in [1.54, 1.807) is 20.8 Å². The number of aliphatic carboxylic acids is 1. The maximum absolute atomic E-state index is 13.7. The predicted octanol–water partition coefficient (Wildman–Crippen LogP) is 1.39. The van der Waals surface area contributed by atoms with Crippen molar-refractivity contribution < 1.29 is 33.0 Å². The van der Waals surface area contributed by atoms with Crippen molar-refractivity contribution >= 4 is 12.1 Å². The fraction of sp³-hybridized carbons (Fsp3) is 0.818. The summed E-state index contributed by atoms with van der Waals surface area (Å²) >= 11 is 0. The molecule has 8 heteroatoms. The van der Waals surface area contributed by atoms with Gasteiger partial charge in [0.2, 0.25) is 0 Å². The van der Waals surface area contributed by atoms with Gasteiger partial charge in [-0.05, 0) is 20.8 Å². The fourth-order valence-corrected chi connectivity index (χ4v) is 1.54. The number of rotatable bonds is 2. The van der Waals surface area contributed by atoms with E-state index in [1.807, 2.05) is 5.32 Å². The Labute approximate surface area is 109 Å². The molecule has 1 rings (SSSR count). The SMILES string of the molecule is CC(C)(C)OC(=O)N[C@H]1CO[C@H](C(=O)O)CC1(F)F. The van der Waals surface area contributed by atoms with Crippen LogP contribution in [-0.4, -0.2) is 47.4 Å². The molecule has 0 aromatic heterocycles. The van der Waals surface area contributed by atoms with Gasteiger partial charge >= 0.3 is 12.1 Å². The number of carboxylic acids is 1. The monoisotopic (exact) mass is 281 g/mol. The van der Waals surface area contributed by atoms with Crippen molar-refractivity contribution in [1.82, 2.24) is 5.32 Å². The van der Waals surface area contributed by atoms with Gasteiger partial charge in [-0.25, -0.2) is 18.4 Å². The molecule has 6 nitrogen and oxygen atoms in total. The van der Waals surface area contributed by atoms with Crippen molar-refractivity contribution in [1.29, 1.82) is 0 Å². The Balaban J connectivity index is 2.60. The lowest BCUT2D eigenvalue weighted by Crippen LogP contribution is -2.57. The zero-order chi connectivity index (χ0) is 14.8. The number of hydrogen-bond acceptors (Lipinski definition) is 4. The van der Waals surface area contributed by atoms with Crippen LogP contribution in [0.3, 0.4) is 0 Å². The van der Waals surface area contributed by atoms with Crippen LogP contribution in [0.25, 0.3) is 0 Å². The maximum Gasteiger partial charge on any atom is 0.408 e. The van der Waals surface area contributed by atoms with Crippen molar-refractivity contribution in [3.05, 3.63) is 0 Å². The molecular weight excluding hydrogens is 264 g/mol. The Morgan fingerprint density at radius 2 is 2.00 bits per heavy atom.